The van der Waals surface area contributed by atoms with Gasteiger partial charge in [-0.2, -0.15) is 0 Å². The van der Waals surface area contributed by atoms with Crippen molar-refractivity contribution >= 4 is 76.5 Å². The number of fused-ring (bicyclic) bond motifs is 10. The first-order valence-electron chi connectivity index (χ1n) is 27.5. The van der Waals surface area contributed by atoms with Crippen LogP contribution in [0.2, 0.25) is 0 Å². The third kappa shape index (κ3) is 7.87. The summed E-state index contributed by atoms with van der Waals surface area (Å²) in [7, 11) is 0. The van der Waals surface area contributed by atoms with Crippen LogP contribution in [0.3, 0.4) is 0 Å². The molecule has 0 aliphatic carbocycles. The number of nitrogens with zero attached hydrogens (tertiary/aromatic N) is 4. The predicted octanol–water partition coefficient (Wildman–Crippen LogP) is 19.1. The minimum absolute atomic E-state index is 0.0397. The van der Waals surface area contributed by atoms with E-state index in [0.29, 0.717) is 23.8 Å². The minimum Gasteiger partial charge on any atom is -0.457 e. The summed E-state index contributed by atoms with van der Waals surface area (Å²) in [6.45, 7) is 22.5. The molecule has 5 nitrogen and oxygen atoms in total. The molecule has 0 saturated heterocycles. The molecule has 1 aliphatic rings. The van der Waals surface area contributed by atoms with E-state index in [0.717, 1.165) is 50.1 Å². The Morgan fingerprint density at radius 3 is 1.92 bits per heavy atom. The van der Waals surface area contributed by atoms with Gasteiger partial charge in [0.25, 0.3) is 0 Å². The highest BCUT2D eigenvalue weighted by Gasteiger charge is 2.28. The Morgan fingerprint density at radius 2 is 1.19 bits per heavy atom. The number of ether oxygens (including phenoxy) is 1. The number of benzene rings is 8. The van der Waals surface area contributed by atoms with Gasteiger partial charge in [0.05, 0.1) is 27.8 Å². The van der Waals surface area contributed by atoms with Gasteiger partial charge in [-0.1, -0.05) is 177 Å². The average molecular weight is 970 g/mol. The third-order valence-corrected chi connectivity index (χ3v) is 15.4. The van der Waals surface area contributed by atoms with E-state index in [-0.39, 0.29) is 21.8 Å². The van der Waals surface area contributed by atoms with Crippen molar-refractivity contribution in [1.82, 2.24) is 14.1 Å². The molecule has 3 aromatic heterocycles. The van der Waals surface area contributed by atoms with E-state index in [1.165, 1.54) is 65.6 Å². The van der Waals surface area contributed by atoms with Crippen LogP contribution in [0.5, 0.6) is 11.5 Å². The molecule has 8 aromatic carbocycles. The molecule has 74 heavy (non-hydrogen) atoms. The maximum absolute atomic E-state index is 8.84. The Morgan fingerprint density at radius 1 is 0.514 bits per heavy atom. The second-order valence-electron chi connectivity index (χ2n) is 23.7. The van der Waals surface area contributed by atoms with E-state index < -0.39 is 6.85 Å². The van der Waals surface area contributed by atoms with E-state index in [2.05, 4.69) is 236 Å². The fourth-order valence-corrected chi connectivity index (χ4v) is 11.5. The maximum atomic E-state index is 8.84. The zero-order valence-electron chi connectivity index (χ0n) is 47.6. The number of hydrogen-bond donors (Lipinski definition) is 0. The van der Waals surface area contributed by atoms with Crippen molar-refractivity contribution in [2.24, 2.45) is 0 Å². The van der Waals surface area contributed by atoms with Gasteiger partial charge in [-0.05, 0) is 129 Å². The third-order valence-electron chi connectivity index (χ3n) is 15.4. The largest absolute Gasteiger partial charge is 0.457 e. The van der Waals surface area contributed by atoms with Crippen molar-refractivity contribution in [1.29, 1.82) is 0 Å². The molecule has 0 atom stereocenters. The van der Waals surface area contributed by atoms with Crippen LogP contribution in [0.4, 0.5) is 11.4 Å². The summed E-state index contributed by atoms with van der Waals surface area (Å²) in [4.78, 5) is 7.53. The Balaban J connectivity index is 1.03. The van der Waals surface area contributed by atoms with E-state index in [1.807, 2.05) is 12.1 Å². The van der Waals surface area contributed by atoms with Gasteiger partial charge in [0.2, 0.25) is 0 Å². The first kappa shape index (κ1) is 43.7. The standard InChI is InChI=1S/C69H66N4O/c1-42-23-31-52-50-18-13-14-19-51(50)54-21-16-22-61-66(54)72(65-43(2)17-15-20-55(65)56(52)35-42)41-71(61)48-29-33-59(69(10,11)12)63(38-48)74-49-30-32-53-57-37-47(68(7,8)9)28-34-60(57)73(62(53)39-49)64-36-44(3)58(40-70-64)45-24-26-46(27-25-45)67(4,5)6/h13-40H,41H2,1-12H3/i3D3. The van der Waals surface area contributed by atoms with Crippen LogP contribution >= 0.6 is 0 Å². The molecule has 0 unspecified atom stereocenters. The molecule has 0 radical (unpaired) electrons. The topological polar surface area (TPSA) is 35.2 Å². The van der Waals surface area contributed by atoms with E-state index >= 15 is 0 Å². The number of para-hydroxylation sites is 2. The fourth-order valence-electron chi connectivity index (χ4n) is 11.5. The van der Waals surface area contributed by atoms with Gasteiger partial charge < -0.3 is 14.2 Å². The van der Waals surface area contributed by atoms with Crippen molar-refractivity contribution in [2.75, 3.05) is 4.90 Å². The van der Waals surface area contributed by atoms with Crippen molar-refractivity contribution in [3.63, 3.8) is 0 Å². The summed E-state index contributed by atoms with van der Waals surface area (Å²) in [5, 5.41) is 9.36. The molecule has 0 fully saturated rings. The monoisotopic (exact) mass is 970 g/mol. The van der Waals surface area contributed by atoms with Gasteiger partial charge in [-0.15, -0.1) is 0 Å². The molecule has 368 valence electrons. The predicted molar refractivity (Wildman–Crippen MR) is 315 cm³/mol. The number of hydrogen-bond acceptors (Lipinski definition) is 3. The first-order chi connectivity index (χ1) is 36.5. The summed E-state index contributed by atoms with van der Waals surface area (Å²) in [6, 6.07) is 58.7. The van der Waals surface area contributed by atoms with Crippen LogP contribution in [0.15, 0.2) is 170 Å². The molecule has 0 spiro atoms. The number of anilines is 2. The molecular formula is C69H66N4O. The van der Waals surface area contributed by atoms with E-state index in [4.69, 9.17) is 13.8 Å². The smallest absolute Gasteiger partial charge is 0.137 e. The van der Waals surface area contributed by atoms with Crippen LogP contribution < -0.4 is 9.64 Å². The molecule has 12 rings (SSSR count). The first-order valence-corrected chi connectivity index (χ1v) is 26.0. The van der Waals surface area contributed by atoms with E-state index in [1.54, 1.807) is 12.3 Å². The second kappa shape index (κ2) is 17.1. The molecular weight excluding hydrogens is 901 g/mol. The van der Waals surface area contributed by atoms with Crippen LogP contribution in [-0.4, -0.2) is 14.1 Å². The number of pyridine rings is 1. The summed E-state index contributed by atoms with van der Waals surface area (Å²) >= 11 is 0. The molecule has 11 aromatic rings. The summed E-state index contributed by atoms with van der Waals surface area (Å²) in [6.07, 6.45) is 1.73. The van der Waals surface area contributed by atoms with E-state index in [9.17, 15) is 0 Å². The highest BCUT2D eigenvalue weighted by atomic mass is 16.5. The van der Waals surface area contributed by atoms with Crippen molar-refractivity contribution in [3.05, 3.63) is 203 Å². The van der Waals surface area contributed by atoms with Crippen molar-refractivity contribution in [2.45, 2.75) is 106 Å². The summed E-state index contributed by atoms with van der Waals surface area (Å²) in [5.74, 6) is 1.95. The SMILES string of the molecule is [2H]C([2H])([2H])c1cc(-n2c3ccc(C(C)(C)C)cc3c3ccc(Oc4cc(N5Cn6c7c(C)cccc7c7cc(C)ccc7c7ccccc7c7cccc5c76)ccc4C(C)(C)C)cc32)ncc1-c1ccc(C(C)(C)C)cc1. The Bertz CT molecular complexity index is 4290. The quantitative estimate of drug-likeness (QED) is 0.172. The van der Waals surface area contributed by atoms with Crippen LogP contribution in [0.1, 0.15) is 99.8 Å². The lowest BCUT2D eigenvalue weighted by Crippen LogP contribution is -2.17. The molecule has 0 bridgehead atoms. The lowest BCUT2D eigenvalue weighted by molar-refractivity contribution is 0.456. The van der Waals surface area contributed by atoms with Crippen molar-refractivity contribution < 1.29 is 8.85 Å². The molecule has 0 saturated carbocycles. The lowest BCUT2D eigenvalue weighted by Gasteiger charge is -2.26. The lowest BCUT2D eigenvalue weighted by atomic mass is 9.86. The second-order valence-corrected chi connectivity index (χ2v) is 23.7. The Labute approximate surface area is 440 Å². The highest BCUT2D eigenvalue weighted by molar-refractivity contribution is 6.21. The van der Waals surface area contributed by atoms with Crippen molar-refractivity contribution in [3.8, 4) is 28.4 Å². The fraction of sp³-hybridized carbons (Fsp3) is 0.232. The molecule has 0 N–H and O–H groups in total. The van der Waals surface area contributed by atoms with Gasteiger partial charge in [-0.3, -0.25) is 4.57 Å². The van der Waals surface area contributed by atoms with Crippen LogP contribution in [-0.2, 0) is 22.9 Å². The molecule has 0 amide bonds. The zero-order valence-corrected chi connectivity index (χ0v) is 44.6. The van der Waals surface area contributed by atoms with Gasteiger partial charge in [-0.25, -0.2) is 4.98 Å². The van der Waals surface area contributed by atoms with Gasteiger partial charge in [0.15, 0.2) is 0 Å². The van der Waals surface area contributed by atoms with Gasteiger partial charge in [0.1, 0.15) is 24.0 Å². The molecule has 5 heteroatoms. The normalized spacial score (nSPS) is 13.8. The summed E-state index contributed by atoms with van der Waals surface area (Å²) < 4.78 is 38.4. The summed E-state index contributed by atoms with van der Waals surface area (Å²) in [5.41, 5.74) is 13.5. The van der Waals surface area contributed by atoms with Gasteiger partial charge >= 0.3 is 0 Å². The van der Waals surface area contributed by atoms with Crippen LogP contribution in [0, 0.1) is 20.7 Å². The average Bonchev–Trinajstić information content (AvgIpc) is 4.16. The number of aryl methyl sites for hydroxylation is 3. The Hall–Kier alpha value is -7.89. The zero-order chi connectivity index (χ0) is 54.1. The molecule has 4 heterocycles. The number of rotatable bonds is 5. The number of aromatic nitrogens is 3. The van der Waals surface area contributed by atoms with Crippen LogP contribution in [0.25, 0.3) is 82.1 Å². The highest BCUT2D eigenvalue weighted by Crippen LogP contribution is 2.46. The maximum Gasteiger partial charge on any atom is 0.137 e. The molecule has 1 aliphatic heterocycles. The Kier molecular flexibility index (Phi) is 10.1. The minimum atomic E-state index is -2.41. The van der Waals surface area contributed by atoms with Gasteiger partial charge in [0, 0.05) is 60.8 Å².